The second kappa shape index (κ2) is 8.79. The molecular weight excluding hydrogens is 326 g/mol. The van der Waals surface area contributed by atoms with E-state index in [4.69, 9.17) is 4.74 Å². The summed E-state index contributed by atoms with van der Waals surface area (Å²) >= 11 is 3.58. The number of fused-ring (bicyclic) bond motifs is 1. The van der Waals surface area contributed by atoms with E-state index in [9.17, 15) is 0 Å². The fourth-order valence-electron chi connectivity index (χ4n) is 3.00. The average molecular weight is 354 g/mol. The molecule has 2 atom stereocenters. The Balaban J connectivity index is 2.00. The first kappa shape index (κ1) is 16.8. The van der Waals surface area contributed by atoms with Gasteiger partial charge in [0.1, 0.15) is 11.9 Å². The molecule has 118 valence electrons. The molecule has 3 heteroatoms. The predicted octanol–water partition coefficient (Wildman–Crippen LogP) is 5.61. The highest BCUT2D eigenvalue weighted by molar-refractivity contribution is 9.10. The highest BCUT2D eigenvalue weighted by Crippen LogP contribution is 2.37. The minimum absolute atomic E-state index is 0.366. The van der Waals surface area contributed by atoms with Gasteiger partial charge in [-0.05, 0) is 44.0 Å². The average Bonchev–Trinajstić information content (AvgIpc) is 2.49. The highest BCUT2D eigenvalue weighted by atomic mass is 79.9. The molecule has 1 aromatic carbocycles. The topological polar surface area (TPSA) is 21.3 Å². The third-order valence-electron chi connectivity index (χ3n) is 4.16. The number of nitrogens with one attached hydrogen (secondary N) is 1. The van der Waals surface area contributed by atoms with E-state index in [0.29, 0.717) is 12.1 Å². The fraction of sp³-hybridized carbons (Fsp3) is 0.667. The molecule has 0 bridgehead atoms. The Morgan fingerprint density at radius 2 is 2.05 bits per heavy atom. The third-order valence-corrected chi connectivity index (χ3v) is 4.65. The van der Waals surface area contributed by atoms with Gasteiger partial charge in [-0.1, -0.05) is 49.0 Å². The lowest BCUT2D eigenvalue weighted by Gasteiger charge is -2.33. The molecule has 0 radical (unpaired) electrons. The number of rotatable bonds is 8. The summed E-state index contributed by atoms with van der Waals surface area (Å²) in [6.07, 6.45) is 9.06. The van der Waals surface area contributed by atoms with Gasteiger partial charge in [-0.25, -0.2) is 0 Å². The molecule has 0 amide bonds. The first-order valence-electron chi connectivity index (χ1n) is 8.44. The van der Waals surface area contributed by atoms with E-state index in [0.717, 1.165) is 23.2 Å². The Bertz CT molecular complexity index is 435. The van der Waals surface area contributed by atoms with Crippen LogP contribution in [-0.4, -0.2) is 12.6 Å². The molecule has 0 saturated carbocycles. The molecule has 0 spiro atoms. The number of halogens is 1. The van der Waals surface area contributed by atoms with Gasteiger partial charge < -0.3 is 10.1 Å². The zero-order chi connectivity index (χ0) is 15.1. The molecule has 2 nitrogen and oxygen atoms in total. The van der Waals surface area contributed by atoms with E-state index in [1.54, 1.807) is 0 Å². The SMILES string of the molecule is CCCCCCC1CC(NCCC)c2cc(Br)ccc2O1. The summed E-state index contributed by atoms with van der Waals surface area (Å²) in [5, 5.41) is 3.69. The summed E-state index contributed by atoms with van der Waals surface area (Å²) in [4.78, 5) is 0. The third kappa shape index (κ3) is 5.00. The van der Waals surface area contributed by atoms with Crippen LogP contribution < -0.4 is 10.1 Å². The van der Waals surface area contributed by atoms with Crippen molar-refractivity contribution in [3.63, 3.8) is 0 Å². The van der Waals surface area contributed by atoms with Gasteiger partial charge in [0.2, 0.25) is 0 Å². The van der Waals surface area contributed by atoms with Gasteiger partial charge in [-0.2, -0.15) is 0 Å². The Morgan fingerprint density at radius 3 is 2.81 bits per heavy atom. The quantitative estimate of drug-likeness (QED) is 0.613. The number of hydrogen-bond acceptors (Lipinski definition) is 2. The summed E-state index contributed by atoms with van der Waals surface area (Å²) in [6, 6.07) is 6.83. The van der Waals surface area contributed by atoms with Crippen molar-refractivity contribution in [1.29, 1.82) is 0 Å². The smallest absolute Gasteiger partial charge is 0.124 e. The van der Waals surface area contributed by atoms with Crippen molar-refractivity contribution in [3.8, 4) is 5.75 Å². The van der Waals surface area contributed by atoms with Crippen LogP contribution in [0.2, 0.25) is 0 Å². The van der Waals surface area contributed by atoms with Gasteiger partial charge in [0.25, 0.3) is 0 Å². The number of unbranched alkanes of at least 4 members (excludes halogenated alkanes) is 3. The maximum absolute atomic E-state index is 6.22. The van der Waals surface area contributed by atoms with Crippen LogP contribution in [0, 0.1) is 0 Å². The fourth-order valence-corrected chi connectivity index (χ4v) is 3.38. The van der Waals surface area contributed by atoms with E-state index >= 15 is 0 Å². The monoisotopic (exact) mass is 353 g/mol. The van der Waals surface area contributed by atoms with E-state index in [-0.39, 0.29) is 0 Å². The van der Waals surface area contributed by atoms with Crippen molar-refractivity contribution in [2.45, 2.75) is 70.9 Å². The van der Waals surface area contributed by atoms with Gasteiger partial charge in [-0.15, -0.1) is 0 Å². The van der Waals surface area contributed by atoms with Gasteiger partial charge in [0.05, 0.1) is 0 Å². The van der Waals surface area contributed by atoms with Gasteiger partial charge in [0, 0.05) is 22.5 Å². The van der Waals surface area contributed by atoms with Gasteiger partial charge in [-0.3, -0.25) is 0 Å². The van der Waals surface area contributed by atoms with Crippen molar-refractivity contribution in [2.75, 3.05) is 6.54 Å². The number of ether oxygens (including phenoxy) is 1. The highest BCUT2D eigenvalue weighted by Gasteiger charge is 2.27. The molecule has 1 N–H and O–H groups in total. The molecule has 0 fully saturated rings. The maximum atomic E-state index is 6.22. The molecular formula is C18H28BrNO. The van der Waals surface area contributed by atoms with Gasteiger partial charge >= 0.3 is 0 Å². The summed E-state index contributed by atoms with van der Waals surface area (Å²) in [7, 11) is 0. The first-order chi connectivity index (χ1) is 10.2. The Hall–Kier alpha value is -0.540. The van der Waals surface area contributed by atoms with Crippen LogP contribution in [0.1, 0.15) is 70.4 Å². The van der Waals surface area contributed by atoms with Crippen LogP contribution in [0.3, 0.4) is 0 Å². The molecule has 0 aliphatic carbocycles. The van der Waals surface area contributed by atoms with E-state index in [1.807, 2.05) is 0 Å². The lowest BCUT2D eigenvalue weighted by atomic mass is 9.93. The first-order valence-corrected chi connectivity index (χ1v) is 9.23. The van der Waals surface area contributed by atoms with Crippen LogP contribution >= 0.6 is 15.9 Å². The molecule has 1 aromatic rings. The Morgan fingerprint density at radius 1 is 1.19 bits per heavy atom. The van der Waals surface area contributed by atoms with Crippen LogP contribution in [0.25, 0.3) is 0 Å². The van der Waals surface area contributed by atoms with Crippen LogP contribution in [-0.2, 0) is 0 Å². The minimum atomic E-state index is 0.366. The second-order valence-electron chi connectivity index (χ2n) is 6.01. The van der Waals surface area contributed by atoms with Gasteiger partial charge in [0.15, 0.2) is 0 Å². The molecule has 1 aliphatic rings. The van der Waals surface area contributed by atoms with Crippen molar-refractivity contribution in [1.82, 2.24) is 5.32 Å². The largest absolute Gasteiger partial charge is 0.490 e. The summed E-state index contributed by atoms with van der Waals surface area (Å²) in [5.41, 5.74) is 1.31. The van der Waals surface area contributed by atoms with Crippen LogP contribution in [0.4, 0.5) is 0 Å². The lowest BCUT2D eigenvalue weighted by Crippen LogP contribution is -2.33. The molecule has 2 rings (SSSR count). The second-order valence-corrected chi connectivity index (χ2v) is 6.93. The molecule has 1 heterocycles. The van der Waals surface area contributed by atoms with E-state index in [2.05, 4.69) is 53.3 Å². The molecule has 1 aliphatic heterocycles. The standard InChI is InChI=1S/C18H28BrNO/c1-3-5-6-7-8-15-13-17(20-11-4-2)16-12-14(19)9-10-18(16)21-15/h9-10,12,15,17,20H,3-8,11,13H2,1-2H3. The molecule has 2 unspecified atom stereocenters. The summed E-state index contributed by atoms with van der Waals surface area (Å²) in [5.74, 6) is 1.07. The lowest BCUT2D eigenvalue weighted by molar-refractivity contribution is 0.138. The molecule has 21 heavy (non-hydrogen) atoms. The van der Waals surface area contributed by atoms with Crippen LogP contribution in [0.5, 0.6) is 5.75 Å². The van der Waals surface area contributed by atoms with Crippen molar-refractivity contribution >= 4 is 15.9 Å². The molecule has 0 aromatic heterocycles. The van der Waals surface area contributed by atoms with Crippen LogP contribution in [0.15, 0.2) is 22.7 Å². The van der Waals surface area contributed by atoms with E-state index in [1.165, 1.54) is 44.1 Å². The van der Waals surface area contributed by atoms with E-state index < -0.39 is 0 Å². The summed E-state index contributed by atoms with van der Waals surface area (Å²) in [6.45, 7) is 5.55. The zero-order valence-electron chi connectivity index (χ0n) is 13.3. The predicted molar refractivity (Wildman–Crippen MR) is 93.0 cm³/mol. The zero-order valence-corrected chi connectivity index (χ0v) is 14.9. The van der Waals surface area contributed by atoms with Crippen molar-refractivity contribution in [2.24, 2.45) is 0 Å². The Labute approximate surface area is 137 Å². The van der Waals surface area contributed by atoms with Crippen molar-refractivity contribution in [3.05, 3.63) is 28.2 Å². The van der Waals surface area contributed by atoms with Crippen molar-refractivity contribution < 1.29 is 4.74 Å². The normalized spacial score (nSPS) is 20.9. The summed E-state index contributed by atoms with van der Waals surface area (Å²) < 4.78 is 7.35. The number of benzene rings is 1. The minimum Gasteiger partial charge on any atom is -0.490 e. The molecule has 0 saturated heterocycles. The number of hydrogen-bond donors (Lipinski definition) is 1. The maximum Gasteiger partial charge on any atom is 0.124 e. The Kier molecular flexibility index (Phi) is 7.05.